The highest BCUT2D eigenvalue weighted by Gasteiger charge is 2.22. The number of rotatable bonds is 5. The van der Waals surface area contributed by atoms with E-state index in [1.165, 1.54) is 19.1 Å². The van der Waals surface area contributed by atoms with Crippen LogP contribution in [0.4, 0.5) is 0 Å². The second kappa shape index (κ2) is 7.26. The van der Waals surface area contributed by atoms with Crippen molar-refractivity contribution in [2.45, 2.75) is 19.4 Å². The predicted molar refractivity (Wildman–Crippen MR) is 81.5 cm³/mol. The second-order valence-electron chi connectivity index (χ2n) is 4.86. The van der Waals surface area contributed by atoms with E-state index in [9.17, 15) is 14.7 Å². The van der Waals surface area contributed by atoms with Crippen molar-refractivity contribution in [3.63, 3.8) is 0 Å². The van der Waals surface area contributed by atoms with Crippen LogP contribution in [0.5, 0.6) is 11.5 Å². The smallest absolute Gasteiger partial charge is 0.334 e. The van der Waals surface area contributed by atoms with Crippen LogP contribution in [0.1, 0.15) is 12.5 Å². The number of carbonyl (C=O) groups excluding carboxylic acids is 2. The zero-order valence-electron chi connectivity index (χ0n) is 12.2. The Morgan fingerprint density at radius 1 is 1.09 bits per heavy atom. The first-order valence-corrected chi connectivity index (χ1v) is 6.86. The summed E-state index contributed by atoms with van der Waals surface area (Å²) in [5.41, 5.74) is 0.807. The molecule has 1 atom stereocenters. The summed E-state index contributed by atoms with van der Waals surface area (Å²) in [6.07, 6.45) is 0.283. The van der Waals surface area contributed by atoms with Crippen molar-refractivity contribution in [3.8, 4) is 11.5 Å². The average Bonchev–Trinajstić information content (AvgIpc) is 2.49. The summed E-state index contributed by atoms with van der Waals surface area (Å²) in [4.78, 5) is 23.5. The molecule has 114 valence electrons. The predicted octanol–water partition coefficient (Wildman–Crippen LogP) is 2.04. The number of carbonyl (C=O) groups is 2. The van der Waals surface area contributed by atoms with E-state index >= 15 is 0 Å². The van der Waals surface area contributed by atoms with Crippen LogP contribution in [0.2, 0.25) is 0 Å². The summed E-state index contributed by atoms with van der Waals surface area (Å²) >= 11 is 0. The third kappa shape index (κ3) is 4.63. The van der Waals surface area contributed by atoms with Crippen molar-refractivity contribution in [3.05, 3.63) is 60.2 Å². The molecule has 0 saturated heterocycles. The summed E-state index contributed by atoms with van der Waals surface area (Å²) in [5.74, 6) is -0.275. The maximum absolute atomic E-state index is 12.2. The van der Waals surface area contributed by atoms with E-state index in [2.05, 4.69) is 5.32 Å². The van der Waals surface area contributed by atoms with Gasteiger partial charge in [0.2, 0.25) is 5.91 Å². The highest BCUT2D eigenvalue weighted by molar-refractivity contribution is 5.84. The zero-order chi connectivity index (χ0) is 15.9. The van der Waals surface area contributed by atoms with Crippen LogP contribution < -0.4 is 10.1 Å². The van der Waals surface area contributed by atoms with Crippen molar-refractivity contribution in [1.29, 1.82) is 0 Å². The lowest BCUT2D eigenvalue weighted by atomic mass is 10.1. The van der Waals surface area contributed by atoms with Crippen LogP contribution in [-0.4, -0.2) is 23.0 Å². The fraction of sp³-hybridized carbons (Fsp3) is 0.176. The molecule has 5 heteroatoms. The SMILES string of the molecule is CC(=O)N[C@@H](Cc1ccc(O)cc1)C(=O)Oc1ccccc1. The van der Waals surface area contributed by atoms with E-state index < -0.39 is 12.0 Å². The van der Waals surface area contributed by atoms with E-state index in [4.69, 9.17) is 4.74 Å². The number of phenols is 1. The fourth-order valence-electron chi connectivity index (χ4n) is 1.98. The van der Waals surface area contributed by atoms with Crippen LogP contribution in [0, 0.1) is 0 Å². The van der Waals surface area contributed by atoms with Gasteiger partial charge in [-0.3, -0.25) is 4.79 Å². The third-order valence-corrected chi connectivity index (χ3v) is 3.00. The monoisotopic (exact) mass is 299 g/mol. The number of ether oxygens (including phenoxy) is 1. The number of para-hydroxylation sites is 1. The minimum absolute atomic E-state index is 0.145. The number of hydrogen-bond acceptors (Lipinski definition) is 4. The molecule has 5 nitrogen and oxygen atoms in total. The highest BCUT2D eigenvalue weighted by Crippen LogP contribution is 2.14. The summed E-state index contributed by atoms with van der Waals surface area (Å²) < 4.78 is 5.27. The molecular formula is C17H17NO4. The normalized spacial score (nSPS) is 11.5. The molecule has 0 unspecified atom stereocenters. The number of esters is 1. The zero-order valence-corrected chi connectivity index (χ0v) is 12.2. The van der Waals surface area contributed by atoms with Gasteiger partial charge >= 0.3 is 5.97 Å². The highest BCUT2D eigenvalue weighted by atomic mass is 16.5. The molecule has 0 heterocycles. The fourth-order valence-corrected chi connectivity index (χ4v) is 1.98. The number of hydrogen-bond donors (Lipinski definition) is 2. The van der Waals surface area contributed by atoms with Gasteiger partial charge in [0.15, 0.2) is 0 Å². The Bertz CT molecular complexity index is 637. The number of benzene rings is 2. The van der Waals surface area contributed by atoms with E-state index in [0.717, 1.165) is 5.56 Å². The molecule has 22 heavy (non-hydrogen) atoms. The Hall–Kier alpha value is -2.82. The first-order valence-electron chi connectivity index (χ1n) is 6.86. The van der Waals surface area contributed by atoms with Gasteiger partial charge in [-0.25, -0.2) is 4.79 Å². The summed E-state index contributed by atoms with van der Waals surface area (Å²) in [7, 11) is 0. The summed E-state index contributed by atoms with van der Waals surface area (Å²) in [5, 5.41) is 11.9. The largest absolute Gasteiger partial charge is 0.508 e. The lowest BCUT2D eigenvalue weighted by Gasteiger charge is -2.16. The summed E-state index contributed by atoms with van der Waals surface area (Å²) in [6.45, 7) is 1.35. The molecule has 2 N–H and O–H groups in total. The van der Waals surface area contributed by atoms with Gasteiger partial charge in [-0.2, -0.15) is 0 Å². The molecular weight excluding hydrogens is 282 g/mol. The first kappa shape index (κ1) is 15.6. The van der Waals surface area contributed by atoms with Crippen molar-refractivity contribution in [2.75, 3.05) is 0 Å². The Labute approximate surface area is 128 Å². The molecule has 0 aliphatic rings. The van der Waals surface area contributed by atoms with E-state index in [1.54, 1.807) is 36.4 Å². The molecule has 0 aromatic heterocycles. The summed E-state index contributed by atoms with van der Waals surface area (Å²) in [6, 6.07) is 14.3. The van der Waals surface area contributed by atoms with Crippen LogP contribution in [0.3, 0.4) is 0 Å². The van der Waals surface area contributed by atoms with E-state index in [-0.39, 0.29) is 18.1 Å². The van der Waals surface area contributed by atoms with E-state index in [0.29, 0.717) is 5.75 Å². The second-order valence-corrected chi connectivity index (χ2v) is 4.86. The molecule has 2 rings (SSSR count). The molecule has 2 aromatic carbocycles. The topological polar surface area (TPSA) is 75.6 Å². The van der Waals surface area contributed by atoms with Crippen LogP contribution >= 0.6 is 0 Å². The number of aromatic hydroxyl groups is 1. The maximum Gasteiger partial charge on any atom is 0.334 e. The Balaban J connectivity index is 2.09. The van der Waals surface area contributed by atoms with Gasteiger partial charge in [-0.15, -0.1) is 0 Å². The van der Waals surface area contributed by atoms with Crippen LogP contribution in [0.15, 0.2) is 54.6 Å². The molecule has 0 bridgehead atoms. The number of amides is 1. The maximum atomic E-state index is 12.2. The molecule has 0 aliphatic heterocycles. The minimum atomic E-state index is -0.790. The molecule has 1 amide bonds. The quantitative estimate of drug-likeness (QED) is 0.654. The average molecular weight is 299 g/mol. The van der Waals surface area contributed by atoms with Gasteiger partial charge in [0.05, 0.1) is 0 Å². The lowest BCUT2D eigenvalue weighted by molar-refractivity contribution is -0.139. The van der Waals surface area contributed by atoms with Gasteiger partial charge in [-0.1, -0.05) is 30.3 Å². The molecule has 0 radical (unpaired) electrons. The third-order valence-electron chi connectivity index (χ3n) is 3.00. The Morgan fingerprint density at radius 3 is 2.32 bits per heavy atom. The Kier molecular flexibility index (Phi) is 5.14. The van der Waals surface area contributed by atoms with Gasteiger partial charge in [0.1, 0.15) is 17.5 Å². The minimum Gasteiger partial charge on any atom is -0.508 e. The van der Waals surface area contributed by atoms with Gasteiger partial charge in [0.25, 0.3) is 0 Å². The van der Waals surface area contributed by atoms with Crippen LogP contribution in [-0.2, 0) is 16.0 Å². The Morgan fingerprint density at radius 2 is 1.73 bits per heavy atom. The van der Waals surface area contributed by atoms with Crippen molar-refractivity contribution < 1.29 is 19.4 Å². The van der Waals surface area contributed by atoms with Crippen molar-refractivity contribution in [2.24, 2.45) is 0 Å². The van der Waals surface area contributed by atoms with Gasteiger partial charge < -0.3 is 15.2 Å². The molecule has 0 aliphatic carbocycles. The first-order chi connectivity index (χ1) is 10.5. The van der Waals surface area contributed by atoms with Crippen molar-refractivity contribution >= 4 is 11.9 Å². The number of phenolic OH excluding ortho intramolecular Hbond substituents is 1. The number of nitrogens with one attached hydrogen (secondary N) is 1. The van der Waals surface area contributed by atoms with Crippen molar-refractivity contribution in [1.82, 2.24) is 5.32 Å². The standard InChI is InChI=1S/C17H17NO4/c1-12(19)18-16(11-13-7-9-14(20)10-8-13)17(21)22-15-5-3-2-4-6-15/h2-10,16,20H,11H2,1H3,(H,18,19)/t16-/m0/s1. The molecule has 0 saturated carbocycles. The van der Waals surface area contributed by atoms with Gasteiger partial charge in [-0.05, 0) is 29.8 Å². The van der Waals surface area contributed by atoms with E-state index in [1.807, 2.05) is 6.07 Å². The molecule has 2 aromatic rings. The lowest BCUT2D eigenvalue weighted by Crippen LogP contribution is -2.43. The molecule has 0 fully saturated rings. The van der Waals surface area contributed by atoms with Gasteiger partial charge in [0, 0.05) is 13.3 Å². The molecule has 0 spiro atoms. The van der Waals surface area contributed by atoms with Crippen LogP contribution in [0.25, 0.3) is 0 Å².